The average Bonchev–Trinajstić information content (AvgIpc) is 2.38. The molecule has 0 aliphatic rings. The molecule has 0 amide bonds. The number of halogens is 1. The van der Waals surface area contributed by atoms with E-state index >= 15 is 0 Å². The maximum atomic E-state index is 11.6. The highest BCUT2D eigenvalue weighted by Gasteiger charge is 2.13. The number of hydrogen-bond donors (Lipinski definition) is 0. The molecule has 3 nitrogen and oxygen atoms in total. The molecule has 1 heterocycles. The lowest BCUT2D eigenvalue weighted by Crippen LogP contribution is -1.99. The third-order valence-corrected chi connectivity index (χ3v) is 4.44. The lowest BCUT2D eigenvalue weighted by atomic mass is 10.1. The third-order valence-electron chi connectivity index (χ3n) is 3.00. The predicted octanol–water partition coefficient (Wildman–Crippen LogP) is 3.93. The zero-order valence-electron chi connectivity index (χ0n) is 11.6. The van der Waals surface area contributed by atoms with Crippen LogP contribution in [0.4, 0.5) is 0 Å². The minimum Gasteiger partial charge on any atom is -0.253 e. The van der Waals surface area contributed by atoms with Crippen molar-refractivity contribution >= 4 is 21.4 Å². The van der Waals surface area contributed by atoms with Gasteiger partial charge in [-0.3, -0.25) is 4.98 Å². The molecule has 0 aliphatic heterocycles. The Bertz CT molecular complexity index is 739. The van der Waals surface area contributed by atoms with E-state index in [1.165, 1.54) is 12.3 Å². The highest BCUT2D eigenvalue weighted by Crippen LogP contribution is 2.30. The predicted molar refractivity (Wildman–Crippen MR) is 81.9 cm³/mol. The Labute approximate surface area is 124 Å². The molecule has 2 aromatic rings. The minimum absolute atomic E-state index is 0.244. The Morgan fingerprint density at radius 3 is 2.45 bits per heavy atom. The van der Waals surface area contributed by atoms with Gasteiger partial charge in [0.2, 0.25) is 0 Å². The first-order valence-electron chi connectivity index (χ1n) is 6.26. The number of pyridine rings is 1. The molecule has 0 radical (unpaired) electrons. The highest BCUT2D eigenvalue weighted by atomic mass is 35.5. The van der Waals surface area contributed by atoms with Gasteiger partial charge in [-0.1, -0.05) is 31.5 Å². The molecule has 106 valence electrons. The maximum Gasteiger partial charge on any atom is 0.175 e. The number of aromatic nitrogens is 1. The molecule has 1 aromatic carbocycles. The number of benzene rings is 1. The van der Waals surface area contributed by atoms with Gasteiger partial charge in [0, 0.05) is 17.5 Å². The molecule has 0 fully saturated rings. The Morgan fingerprint density at radius 1 is 1.15 bits per heavy atom. The molecule has 0 spiro atoms. The van der Waals surface area contributed by atoms with Gasteiger partial charge in [0.1, 0.15) is 0 Å². The van der Waals surface area contributed by atoms with Gasteiger partial charge in [0.05, 0.1) is 15.6 Å². The van der Waals surface area contributed by atoms with Crippen molar-refractivity contribution in [2.45, 2.75) is 24.7 Å². The summed E-state index contributed by atoms with van der Waals surface area (Å²) < 4.78 is 23.3. The largest absolute Gasteiger partial charge is 0.253 e. The Kier molecular flexibility index (Phi) is 4.16. The maximum absolute atomic E-state index is 11.6. The molecule has 0 unspecified atom stereocenters. The van der Waals surface area contributed by atoms with Crippen LogP contribution in [0.5, 0.6) is 0 Å². The van der Waals surface area contributed by atoms with Crippen LogP contribution in [-0.2, 0) is 9.84 Å². The van der Waals surface area contributed by atoms with Crippen LogP contribution in [0.1, 0.15) is 25.5 Å². The Morgan fingerprint density at radius 2 is 1.85 bits per heavy atom. The molecule has 2 rings (SSSR count). The molecular weight excluding hydrogens is 294 g/mol. The van der Waals surface area contributed by atoms with Crippen LogP contribution in [0.3, 0.4) is 0 Å². The van der Waals surface area contributed by atoms with E-state index in [1.54, 1.807) is 12.1 Å². The van der Waals surface area contributed by atoms with Crippen molar-refractivity contribution in [2.75, 3.05) is 6.26 Å². The quantitative estimate of drug-likeness (QED) is 0.863. The summed E-state index contributed by atoms with van der Waals surface area (Å²) in [6.45, 7) is 4.11. The fourth-order valence-corrected chi connectivity index (χ4v) is 2.72. The summed E-state index contributed by atoms with van der Waals surface area (Å²) in [5.74, 6) is 0.298. The van der Waals surface area contributed by atoms with E-state index in [4.69, 9.17) is 11.6 Å². The average molecular weight is 310 g/mol. The monoisotopic (exact) mass is 309 g/mol. The molecule has 0 saturated carbocycles. The van der Waals surface area contributed by atoms with Crippen molar-refractivity contribution in [3.05, 3.63) is 47.1 Å². The van der Waals surface area contributed by atoms with Crippen LogP contribution in [0.25, 0.3) is 11.3 Å². The van der Waals surface area contributed by atoms with Crippen LogP contribution < -0.4 is 0 Å². The van der Waals surface area contributed by atoms with Gasteiger partial charge >= 0.3 is 0 Å². The summed E-state index contributed by atoms with van der Waals surface area (Å²) in [6.07, 6.45) is 1.18. The Hall–Kier alpha value is -1.39. The summed E-state index contributed by atoms with van der Waals surface area (Å²) >= 11 is 6.18. The van der Waals surface area contributed by atoms with Crippen LogP contribution in [0, 0.1) is 0 Å². The number of nitrogens with zero attached hydrogens (tertiary/aromatic N) is 1. The minimum atomic E-state index is -3.26. The van der Waals surface area contributed by atoms with Gasteiger partial charge in [-0.25, -0.2) is 8.42 Å². The van der Waals surface area contributed by atoms with E-state index in [0.29, 0.717) is 22.2 Å². The second-order valence-electron chi connectivity index (χ2n) is 5.02. The van der Waals surface area contributed by atoms with Crippen molar-refractivity contribution in [2.24, 2.45) is 0 Å². The molecule has 5 heteroatoms. The molecule has 0 bridgehead atoms. The summed E-state index contributed by atoms with van der Waals surface area (Å²) in [5, 5.41) is 0.491. The topological polar surface area (TPSA) is 47.0 Å². The summed E-state index contributed by atoms with van der Waals surface area (Å²) in [5.41, 5.74) is 2.27. The number of sulfone groups is 1. The van der Waals surface area contributed by atoms with Gasteiger partial charge < -0.3 is 0 Å². The zero-order valence-corrected chi connectivity index (χ0v) is 13.2. The third kappa shape index (κ3) is 3.19. The van der Waals surface area contributed by atoms with Gasteiger partial charge in [-0.2, -0.15) is 0 Å². The van der Waals surface area contributed by atoms with E-state index in [0.717, 1.165) is 5.69 Å². The molecule has 0 atom stereocenters. The van der Waals surface area contributed by atoms with E-state index in [1.807, 2.05) is 18.2 Å². The van der Waals surface area contributed by atoms with E-state index in [9.17, 15) is 8.42 Å². The van der Waals surface area contributed by atoms with Crippen LogP contribution in [0.15, 0.2) is 41.3 Å². The zero-order chi connectivity index (χ0) is 14.9. The Balaban J connectivity index is 2.60. The lowest BCUT2D eigenvalue weighted by molar-refractivity contribution is 0.602. The molecule has 1 aromatic heterocycles. The SMILES string of the molecule is CC(C)c1cccc(-c2cc(S(C)(=O)=O)ccc2Cl)n1. The smallest absolute Gasteiger partial charge is 0.175 e. The second-order valence-corrected chi connectivity index (χ2v) is 7.44. The van der Waals surface area contributed by atoms with Crippen LogP contribution in [0.2, 0.25) is 5.02 Å². The van der Waals surface area contributed by atoms with Crippen molar-refractivity contribution in [3.8, 4) is 11.3 Å². The van der Waals surface area contributed by atoms with Gasteiger partial charge in [0.25, 0.3) is 0 Å². The van der Waals surface area contributed by atoms with E-state index in [-0.39, 0.29) is 4.90 Å². The van der Waals surface area contributed by atoms with E-state index in [2.05, 4.69) is 18.8 Å². The molecule has 0 N–H and O–H groups in total. The molecular formula is C15H16ClNO2S. The summed E-state index contributed by atoms with van der Waals surface area (Å²) in [6, 6.07) is 10.4. The molecule has 20 heavy (non-hydrogen) atoms. The van der Waals surface area contributed by atoms with Crippen LogP contribution in [-0.4, -0.2) is 19.7 Å². The first-order chi connectivity index (χ1) is 9.29. The van der Waals surface area contributed by atoms with Crippen molar-refractivity contribution in [1.29, 1.82) is 0 Å². The summed E-state index contributed by atoms with van der Waals surface area (Å²) in [4.78, 5) is 4.79. The van der Waals surface area contributed by atoms with Crippen molar-refractivity contribution in [1.82, 2.24) is 4.98 Å². The van der Waals surface area contributed by atoms with Crippen molar-refractivity contribution < 1.29 is 8.42 Å². The first-order valence-corrected chi connectivity index (χ1v) is 8.53. The van der Waals surface area contributed by atoms with Crippen LogP contribution >= 0.6 is 11.6 Å². The standard InChI is InChI=1S/C15H16ClNO2S/c1-10(2)14-5-4-6-15(17-14)12-9-11(20(3,18)19)7-8-13(12)16/h4-10H,1-3H3. The van der Waals surface area contributed by atoms with Crippen molar-refractivity contribution in [3.63, 3.8) is 0 Å². The van der Waals surface area contributed by atoms with Gasteiger partial charge in [0.15, 0.2) is 9.84 Å². The van der Waals surface area contributed by atoms with Gasteiger partial charge in [-0.15, -0.1) is 0 Å². The molecule has 0 aliphatic carbocycles. The normalized spacial score (nSPS) is 11.8. The number of hydrogen-bond acceptors (Lipinski definition) is 3. The fraction of sp³-hybridized carbons (Fsp3) is 0.267. The molecule has 0 saturated heterocycles. The first kappa shape index (κ1) is 15.0. The second kappa shape index (κ2) is 5.54. The highest BCUT2D eigenvalue weighted by molar-refractivity contribution is 7.90. The summed E-state index contributed by atoms with van der Waals surface area (Å²) in [7, 11) is -3.26. The van der Waals surface area contributed by atoms with E-state index < -0.39 is 9.84 Å². The van der Waals surface area contributed by atoms with Gasteiger partial charge in [-0.05, 0) is 36.2 Å². The number of rotatable bonds is 3. The fourth-order valence-electron chi connectivity index (χ4n) is 1.85. The lowest BCUT2D eigenvalue weighted by Gasteiger charge is -2.09.